The van der Waals surface area contributed by atoms with Crippen LogP contribution in [0.5, 0.6) is 0 Å². The van der Waals surface area contributed by atoms with Gasteiger partial charge in [-0.2, -0.15) is 13.2 Å². The number of aliphatic hydroxyl groups is 1. The first-order valence-corrected chi connectivity index (χ1v) is 5.18. The summed E-state index contributed by atoms with van der Waals surface area (Å²) in [6, 6.07) is 4.53. The van der Waals surface area contributed by atoms with Crippen LogP contribution in [0.2, 0.25) is 0 Å². The molecule has 1 aromatic rings. The zero-order valence-electron chi connectivity index (χ0n) is 10.2. The predicted octanol–water partition coefficient (Wildman–Crippen LogP) is 1.79. The van der Waals surface area contributed by atoms with E-state index in [2.05, 4.69) is 15.7 Å². The van der Waals surface area contributed by atoms with Crippen LogP contribution in [-0.2, 0) is 10.3 Å². The fourth-order valence-electron chi connectivity index (χ4n) is 0.930. The summed E-state index contributed by atoms with van der Waals surface area (Å²) >= 11 is 0. The molecule has 0 saturated carbocycles. The van der Waals surface area contributed by atoms with E-state index in [1.54, 1.807) is 12.1 Å². The maximum Gasteiger partial charge on any atom is 0.399 e. The molecule has 0 unspecified atom stereocenters. The lowest BCUT2D eigenvalue weighted by Gasteiger charge is -2.26. The summed E-state index contributed by atoms with van der Waals surface area (Å²) < 4.78 is 37.4. The quantitative estimate of drug-likeness (QED) is 0.818. The third kappa shape index (κ3) is 4.99. The first-order chi connectivity index (χ1) is 8.27. The Morgan fingerprint density at radius 1 is 1.33 bits per heavy atom. The summed E-state index contributed by atoms with van der Waals surface area (Å²) in [6.45, 7) is 2.46. The van der Waals surface area contributed by atoms with E-state index in [9.17, 15) is 13.2 Å². The number of hydrogen-bond acceptors (Lipinski definition) is 4. The second-order valence-electron chi connectivity index (χ2n) is 3.93. The molecule has 18 heavy (non-hydrogen) atoms. The second kappa shape index (κ2) is 7.30. The normalized spacial score (nSPS) is 11.7. The monoisotopic (exact) mass is 266 g/mol. The largest absolute Gasteiger partial charge is 0.399 e. The molecule has 0 aliphatic heterocycles. The van der Waals surface area contributed by atoms with E-state index in [1.807, 2.05) is 0 Å². The molecule has 0 aromatic carbocycles. The van der Waals surface area contributed by atoms with Crippen LogP contribution in [0.3, 0.4) is 0 Å². The predicted molar refractivity (Wildman–Crippen MR) is 60.5 cm³/mol. The number of hydrogen-bond donors (Lipinski definition) is 2. The standard InChI is InChI=1S/C9H10F3N.C2H7NO2/c1-8(2,9(10,11)12)7-5-3-4-6-13-7;3-5-2-1-4/h3-6H,1-2H3;4H,1-3H2. The SMILES string of the molecule is CC(C)(c1ccccn1)C(F)(F)F.NOCCO. The molecule has 0 aliphatic carbocycles. The van der Waals surface area contributed by atoms with Gasteiger partial charge in [0.25, 0.3) is 0 Å². The van der Waals surface area contributed by atoms with Gasteiger partial charge in [-0.1, -0.05) is 6.07 Å². The van der Waals surface area contributed by atoms with Gasteiger partial charge in [0.05, 0.1) is 18.9 Å². The molecule has 3 N–H and O–H groups in total. The van der Waals surface area contributed by atoms with Crippen LogP contribution in [-0.4, -0.2) is 29.5 Å². The van der Waals surface area contributed by atoms with E-state index < -0.39 is 11.6 Å². The fraction of sp³-hybridized carbons (Fsp3) is 0.545. The van der Waals surface area contributed by atoms with Gasteiger partial charge in [0.1, 0.15) is 5.41 Å². The highest BCUT2D eigenvalue weighted by molar-refractivity contribution is 5.16. The molecule has 104 valence electrons. The van der Waals surface area contributed by atoms with Crippen molar-refractivity contribution in [1.82, 2.24) is 4.98 Å². The summed E-state index contributed by atoms with van der Waals surface area (Å²) in [5, 5.41) is 7.86. The second-order valence-corrected chi connectivity index (χ2v) is 3.93. The van der Waals surface area contributed by atoms with Gasteiger partial charge in [-0.25, -0.2) is 5.90 Å². The molecule has 0 aliphatic rings. The average Bonchev–Trinajstić information content (AvgIpc) is 2.30. The Labute approximate surface area is 104 Å². The highest BCUT2D eigenvalue weighted by Gasteiger charge is 2.49. The van der Waals surface area contributed by atoms with Gasteiger partial charge in [0.15, 0.2) is 0 Å². The Hall–Kier alpha value is -1.18. The highest BCUT2D eigenvalue weighted by atomic mass is 19.4. The maximum absolute atomic E-state index is 12.5. The number of pyridine rings is 1. The van der Waals surface area contributed by atoms with Crippen molar-refractivity contribution in [3.05, 3.63) is 30.1 Å². The molecule has 0 bridgehead atoms. The Kier molecular flexibility index (Phi) is 6.82. The molecule has 0 atom stereocenters. The van der Waals surface area contributed by atoms with Crippen LogP contribution in [0.1, 0.15) is 19.5 Å². The van der Waals surface area contributed by atoms with Crippen molar-refractivity contribution in [3.63, 3.8) is 0 Å². The summed E-state index contributed by atoms with van der Waals surface area (Å²) in [4.78, 5) is 7.64. The molecule has 0 radical (unpaired) electrons. The Balaban J connectivity index is 0.000000494. The molecule has 1 heterocycles. The number of nitrogens with two attached hydrogens (primary N) is 1. The molecule has 0 spiro atoms. The molecular weight excluding hydrogens is 249 g/mol. The summed E-state index contributed by atoms with van der Waals surface area (Å²) in [5.41, 5.74) is -1.84. The van der Waals surface area contributed by atoms with Crippen LogP contribution in [0.4, 0.5) is 13.2 Å². The van der Waals surface area contributed by atoms with Crippen LogP contribution < -0.4 is 5.90 Å². The number of aromatic nitrogens is 1. The topological polar surface area (TPSA) is 68.4 Å². The van der Waals surface area contributed by atoms with Crippen molar-refractivity contribution < 1.29 is 23.1 Å². The van der Waals surface area contributed by atoms with Crippen molar-refractivity contribution in [2.24, 2.45) is 5.90 Å². The van der Waals surface area contributed by atoms with Gasteiger partial charge in [-0.05, 0) is 26.0 Å². The molecule has 1 aromatic heterocycles. The Morgan fingerprint density at radius 2 is 1.94 bits per heavy atom. The first-order valence-electron chi connectivity index (χ1n) is 5.18. The summed E-state index contributed by atoms with van der Waals surface area (Å²) in [6.07, 6.45) is -2.90. The fourth-order valence-corrected chi connectivity index (χ4v) is 0.930. The van der Waals surface area contributed by atoms with E-state index in [4.69, 9.17) is 5.11 Å². The zero-order chi connectivity index (χ0) is 14.2. The minimum Gasteiger partial charge on any atom is -0.394 e. The zero-order valence-corrected chi connectivity index (χ0v) is 10.2. The van der Waals surface area contributed by atoms with Gasteiger partial charge in [-0.15, -0.1) is 0 Å². The lowest BCUT2D eigenvalue weighted by Crippen LogP contribution is -2.37. The van der Waals surface area contributed by atoms with Crippen molar-refractivity contribution in [2.45, 2.75) is 25.4 Å². The van der Waals surface area contributed by atoms with Crippen molar-refractivity contribution in [3.8, 4) is 0 Å². The Morgan fingerprint density at radius 3 is 2.22 bits per heavy atom. The third-order valence-electron chi connectivity index (χ3n) is 2.22. The minimum atomic E-state index is -4.26. The van der Waals surface area contributed by atoms with Crippen molar-refractivity contribution in [1.29, 1.82) is 0 Å². The van der Waals surface area contributed by atoms with Gasteiger partial charge >= 0.3 is 6.18 Å². The van der Waals surface area contributed by atoms with Crippen LogP contribution in [0.25, 0.3) is 0 Å². The number of aliphatic hydroxyl groups excluding tert-OH is 1. The van der Waals surface area contributed by atoms with E-state index in [1.165, 1.54) is 12.3 Å². The highest BCUT2D eigenvalue weighted by Crippen LogP contribution is 2.39. The molecular formula is C11H17F3N2O2. The maximum atomic E-state index is 12.5. The van der Waals surface area contributed by atoms with Crippen molar-refractivity contribution in [2.75, 3.05) is 13.2 Å². The van der Waals surface area contributed by atoms with Crippen LogP contribution in [0.15, 0.2) is 24.4 Å². The Bertz CT molecular complexity index is 327. The third-order valence-corrected chi connectivity index (χ3v) is 2.22. The summed E-state index contributed by atoms with van der Waals surface area (Å²) in [5.74, 6) is 4.48. The summed E-state index contributed by atoms with van der Waals surface area (Å²) in [7, 11) is 0. The number of alkyl halides is 3. The smallest absolute Gasteiger partial charge is 0.394 e. The number of nitrogens with zero attached hydrogens (tertiary/aromatic N) is 1. The number of halogens is 3. The minimum absolute atomic E-state index is 0.00347. The van der Waals surface area contributed by atoms with Crippen LogP contribution >= 0.6 is 0 Å². The molecule has 0 amide bonds. The number of rotatable bonds is 3. The molecule has 7 heteroatoms. The van der Waals surface area contributed by atoms with Gasteiger partial charge in [0.2, 0.25) is 0 Å². The van der Waals surface area contributed by atoms with Gasteiger partial charge in [0, 0.05) is 6.20 Å². The van der Waals surface area contributed by atoms with Gasteiger partial charge < -0.3 is 9.94 Å². The lowest BCUT2D eigenvalue weighted by atomic mass is 9.88. The van der Waals surface area contributed by atoms with Crippen molar-refractivity contribution >= 4 is 0 Å². The average molecular weight is 266 g/mol. The molecule has 0 fully saturated rings. The molecule has 1 rings (SSSR count). The van der Waals surface area contributed by atoms with E-state index in [0.29, 0.717) is 0 Å². The van der Waals surface area contributed by atoms with Crippen LogP contribution in [0, 0.1) is 0 Å². The van der Waals surface area contributed by atoms with Gasteiger partial charge in [-0.3, -0.25) is 4.98 Å². The molecule has 0 saturated heterocycles. The van der Waals surface area contributed by atoms with E-state index in [0.717, 1.165) is 13.8 Å². The van der Waals surface area contributed by atoms with E-state index >= 15 is 0 Å². The molecule has 4 nitrogen and oxygen atoms in total. The first kappa shape index (κ1) is 16.8. The van der Waals surface area contributed by atoms with E-state index in [-0.39, 0.29) is 18.9 Å². The lowest BCUT2D eigenvalue weighted by molar-refractivity contribution is -0.181.